The van der Waals surface area contributed by atoms with Gasteiger partial charge in [-0.3, -0.25) is 24.1 Å². The third-order valence-corrected chi connectivity index (χ3v) is 10.1. The number of carboxylic acids is 1. The Morgan fingerprint density at radius 1 is 0.847 bits per heavy atom. The molecular weight excluding hydrogens is 755 g/mol. The number of esters is 1. The van der Waals surface area contributed by atoms with E-state index in [1.54, 1.807) is 61.6 Å². The van der Waals surface area contributed by atoms with Crippen LogP contribution in [-0.2, 0) is 45.9 Å². The normalized spacial score (nSPS) is 14.8. The summed E-state index contributed by atoms with van der Waals surface area (Å²) < 4.78 is 13.2. The van der Waals surface area contributed by atoms with Crippen molar-refractivity contribution in [3.05, 3.63) is 47.7 Å². The number of ether oxygens (including phenoxy) is 2. The van der Waals surface area contributed by atoms with Crippen LogP contribution in [0.25, 0.3) is 10.9 Å². The van der Waals surface area contributed by atoms with Crippen LogP contribution in [0.15, 0.2) is 42.1 Å². The smallest absolute Gasteiger partial charge is 0.410 e. The number of nitrogens with zero attached hydrogens (tertiary/aromatic N) is 3. The highest BCUT2D eigenvalue weighted by Gasteiger charge is 2.47. The molecule has 14 heteroatoms. The van der Waals surface area contributed by atoms with E-state index >= 15 is 0 Å². The number of aliphatic carboxylic acids is 1. The third kappa shape index (κ3) is 13.8. The van der Waals surface area contributed by atoms with E-state index in [0.717, 1.165) is 16.5 Å². The molecule has 2 aromatic rings. The first-order valence-electron chi connectivity index (χ1n) is 20.3. The van der Waals surface area contributed by atoms with Gasteiger partial charge in [0.1, 0.15) is 29.3 Å². The number of carboxylic acid groups (broad SMARTS) is 1. The highest BCUT2D eigenvalue weighted by atomic mass is 16.6. The maximum atomic E-state index is 14.9. The molecule has 0 fully saturated rings. The van der Waals surface area contributed by atoms with Gasteiger partial charge >= 0.3 is 18.0 Å². The molecule has 0 aliphatic heterocycles. The Balaban J connectivity index is 2.56. The van der Waals surface area contributed by atoms with Crippen LogP contribution in [0.5, 0.6) is 0 Å². The lowest BCUT2D eigenvalue weighted by atomic mass is 9.76. The predicted octanol–water partition coefficient (Wildman–Crippen LogP) is 6.73. The molecule has 14 nitrogen and oxygen atoms in total. The zero-order valence-electron chi connectivity index (χ0n) is 38.5. The molecule has 0 saturated carbocycles. The van der Waals surface area contributed by atoms with Gasteiger partial charge in [-0.05, 0) is 84.3 Å². The summed E-state index contributed by atoms with van der Waals surface area (Å²) in [6, 6.07) is 3.89. The summed E-state index contributed by atoms with van der Waals surface area (Å²) in [7, 11) is 5.06. The second-order valence-electron chi connectivity index (χ2n) is 19.6. The number of para-hydroxylation sites is 1. The van der Waals surface area contributed by atoms with Crippen molar-refractivity contribution in [2.45, 2.75) is 157 Å². The minimum Gasteiger partial charge on any atom is -0.481 e. The summed E-state index contributed by atoms with van der Waals surface area (Å²) in [5, 5.41) is 15.8. The van der Waals surface area contributed by atoms with Crippen LogP contribution >= 0.6 is 0 Å². The number of amides is 4. The van der Waals surface area contributed by atoms with Crippen LogP contribution in [0.2, 0.25) is 0 Å². The van der Waals surface area contributed by atoms with Crippen LogP contribution in [0, 0.1) is 11.3 Å². The van der Waals surface area contributed by atoms with E-state index in [9.17, 15) is 28.8 Å². The van der Waals surface area contributed by atoms with E-state index < -0.39 is 82.0 Å². The predicted molar refractivity (Wildman–Crippen MR) is 230 cm³/mol. The fraction of sp³-hybridized carbons (Fsp3) is 0.644. The van der Waals surface area contributed by atoms with E-state index in [1.807, 2.05) is 90.5 Å². The van der Waals surface area contributed by atoms with Crippen molar-refractivity contribution in [1.82, 2.24) is 25.0 Å². The number of carbonyl (C=O) groups is 6. The molecule has 1 heterocycles. The summed E-state index contributed by atoms with van der Waals surface area (Å²) in [4.78, 5) is 83.8. The summed E-state index contributed by atoms with van der Waals surface area (Å²) in [5.74, 6) is -3.45. The molecule has 0 aliphatic rings. The van der Waals surface area contributed by atoms with Crippen molar-refractivity contribution < 1.29 is 43.3 Å². The van der Waals surface area contributed by atoms with Gasteiger partial charge in [0.15, 0.2) is 0 Å². The van der Waals surface area contributed by atoms with E-state index in [2.05, 4.69) is 10.6 Å². The van der Waals surface area contributed by atoms with Gasteiger partial charge in [0.25, 0.3) is 0 Å². The number of hydrogen-bond acceptors (Lipinski definition) is 8. The van der Waals surface area contributed by atoms with Gasteiger partial charge in [0, 0.05) is 55.7 Å². The van der Waals surface area contributed by atoms with Crippen LogP contribution in [0.3, 0.4) is 0 Å². The van der Waals surface area contributed by atoms with Gasteiger partial charge in [0.2, 0.25) is 17.7 Å². The molecule has 4 atom stereocenters. The quantitative estimate of drug-likeness (QED) is 0.122. The van der Waals surface area contributed by atoms with Crippen molar-refractivity contribution in [2.75, 3.05) is 14.1 Å². The van der Waals surface area contributed by atoms with E-state index in [0.29, 0.717) is 0 Å². The van der Waals surface area contributed by atoms with Gasteiger partial charge in [-0.1, -0.05) is 72.7 Å². The summed E-state index contributed by atoms with van der Waals surface area (Å²) in [6.45, 7) is 25.0. The number of nitrogens with one attached hydrogen (secondary N) is 2. The molecule has 3 N–H and O–H groups in total. The number of rotatable bonds is 16. The first-order valence-corrected chi connectivity index (χ1v) is 20.3. The van der Waals surface area contributed by atoms with Crippen LogP contribution in [0.4, 0.5) is 4.79 Å². The fourth-order valence-corrected chi connectivity index (χ4v) is 7.08. The molecule has 330 valence electrons. The molecule has 0 bridgehead atoms. The number of aryl methyl sites for hydroxylation is 1. The molecule has 0 radical (unpaired) electrons. The number of likely N-dealkylation sites (N-methyl/N-ethyl adjacent to an activating group) is 2. The molecular formula is C45H71N5O9. The first-order chi connectivity index (χ1) is 26.8. The van der Waals surface area contributed by atoms with Crippen molar-refractivity contribution >= 4 is 46.7 Å². The van der Waals surface area contributed by atoms with E-state index in [1.165, 1.54) is 16.8 Å². The lowest BCUT2D eigenvalue weighted by molar-refractivity contribution is -0.158. The van der Waals surface area contributed by atoms with Gasteiger partial charge in [0.05, 0.1) is 6.04 Å². The minimum atomic E-state index is -1.13. The largest absolute Gasteiger partial charge is 0.481 e. The monoisotopic (exact) mass is 826 g/mol. The average Bonchev–Trinajstić information content (AvgIpc) is 3.43. The summed E-state index contributed by atoms with van der Waals surface area (Å²) in [6.07, 6.45) is 2.92. The Bertz CT molecular complexity index is 1870. The number of benzene rings is 1. The molecule has 0 aliphatic carbocycles. The standard InChI is InChI=1S/C45H71N5O9/c1-27(2)33(25-28(3)37(53)46-31(22-20-24-34(51)52)40(56)58-43(7,8)9)49(16)39(55)35(42(4,5)6)47-38(54)36(50(17)41(57)59-44(10,11)12)45(13,14)30-26-48(15)32-23-19-18-21-29(30)32/h18-19,21,23,25-27,31,33,35-36H,20,22,24H2,1-17H3,(H,46,53)(H,47,54)(H,51,52). The SMILES string of the molecule is CC(=CC(C(C)C)N(C)C(=O)C(NC(=O)C(N(C)C(=O)OC(C)(C)C)C(C)(C)c1cn(C)c2ccccc12)C(C)(C)C)C(=O)NC(CCCC(=O)O)C(=O)OC(C)(C)C. The number of aromatic nitrogens is 1. The second kappa shape index (κ2) is 19.5. The van der Waals surface area contributed by atoms with Crippen LogP contribution < -0.4 is 10.6 Å². The van der Waals surface area contributed by atoms with E-state index in [4.69, 9.17) is 14.6 Å². The zero-order chi connectivity index (χ0) is 45.6. The van der Waals surface area contributed by atoms with Gasteiger partial charge in [-0.2, -0.15) is 0 Å². The molecule has 4 unspecified atom stereocenters. The third-order valence-electron chi connectivity index (χ3n) is 10.1. The second-order valence-corrected chi connectivity index (χ2v) is 19.6. The molecule has 1 aromatic heterocycles. The lowest BCUT2D eigenvalue weighted by Gasteiger charge is -2.42. The average molecular weight is 826 g/mol. The topological polar surface area (TPSA) is 177 Å². The molecule has 1 aromatic carbocycles. The maximum Gasteiger partial charge on any atom is 0.410 e. The molecule has 4 amide bonds. The van der Waals surface area contributed by atoms with Gasteiger partial charge in [-0.15, -0.1) is 0 Å². The van der Waals surface area contributed by atoms with Crippen molar-refractivity contribution in [3.63, 3.8) is 0 Å². The fourth-order valence-electron chi connectivity index (χ4n) is 7.08. The summed E-state index contributed by atoms with van der Waals surface area (Å²) >= 11 is 0. The Hall–Kier alpha value is -4.88. The Morgan fingerprint density at radius 3 is 1.92 bits per heavy atom. The highest BCUT2D eigenvalue weighted by Crippen LogP contribution is 2.37. The summed E-state index contributed by atoms with van der Waals surface area (Å²) in [5.41, 5.74) is -1.47. The minimum absolute atomic E-state index is 0.0562. The van der Waals surface area contributed by atoms with Crippen LogP contribution in [0.1, 0.15) is 122 Å². The van der Waals surface area contributed by atoms with Crippen molar-refractivity contribution in [1.29, 1.82) is 0 Å². The number of fused-ring (bicyclic) bond motifs is 1. The zero-order valence-corrected chi connectivity index (χ0v) is 38.5. The number of hydrogen-bond donors (Lipinski definition) is 3. The highest BCUT2D eigenvalue weighted by molar-refractivity contribution is 5.97. The van der Waals surface area contributed by atoms with Gasteiger partial charge in [-0.25, -0.2) is 9.59 Å². The van der Waals surface area contributed by atoms with Crippen LogP contribution in [-0.4, -0.2) is 105 Å². The van der Waals surface area contributed by atoms with Gasteiger partial charge < -0.3 is 34.7 Å². The molecule has 2 rings (SSSR count). The Kier molecular flexibility index (Phi) is 16.6. The first kappa shape index (κ1) is 50.3. The molecule has 0 spiro atoms. The van der Waals surface area contributed by atoms with Crippen molar-refractivity contribution in [3.8, 4) is 0 Å². The lowest BCUT2D eigenvalue weighted by Crippen LogP contribution is -2.63. The molecule has 59 heavy (non-hydrogen) atoms. The maximum absolute atomic E-state index is 14.9. The van der Waals surface area contributed by atoms with Crippen molar-refractivity contribution in [2.24, 2.45) is 18.4 Å². The Morgan fingerprint density at radius 2 is 1.41 bits per heavy atom. The van der Waals surface area contributed by atoms with E-state index in [-0.39, 0.29) is 30.8 Å². The Labute approximate surface area is 351 Å². The number of carbonyl (C=O) groups excluding carboxylic acids is 5. The molecule has 0 saturated heterocycles.